The number of hydrogen-bond donors (Lipinski definition) is 2. The number of ether oxygens (including phenoxy) is 1. The molecule has 3 heterocycles. The van der Waals surface area contributed by atoms with Crippen LogP contribution in [0.5, 0.6) is 0 Å². The van der Waals surface area contributed by atoms with E-state index < -0.39 is 0 Å². The van der Waals surface area contributed by atoms with E-state index in [1.54, 1.807) is 12.3 Å². The second-order valence-corrected chi connectivity index (χ2v) is 5.66. The van der Waals surface area contributed by atoms with Crippen LogP contribution in [0.3, 0.4) is 0 Å². The van der Waals surface area contributed by atoms with Crippen molar-refractivity contribution in [3.8, 4) is 0 Å². The largest absolute Gasteiger partial charge is 0.396 e. The van der Waals surface area contributed by atoms with Crippen molar-refractivity contribution in [3.05, 3.63) is 17.3 Å². The fourth-order valence-corrected chi connectivity index (χ4v) is 2.99. The molecular formula is C13H19ClN4O. The number of halogens is 1. The second kappa shape index (κ2) is 5.53. The molecule has 1 aromatic rings. The Morgan fingerprint density at radius 2 is 2.47 bits per heavy atom. The monoisotopic (exact) mass is 282 g/mol. The minimum absolute atomic E-state index is 0.200. The number of fused-ring (bicyclic) bond motifs is 1. The summed E-state index contributed by atoms with van der Waals surface area (Å²) in [6.07, 6.45) is 4.36. The molecule has 2 aliphatic heterocycles. The van der Waals surface area contributed by atoms with Crippen LogP contribution in [0, 0.1) is 0 Å². The zero-order chi connectivity index (χ0) is 13.2. The summed E-state index contributed by atoms with van der Waals surface area (Å²) in [5, 5.41) is 3.80. The van der Waals surface area contributed by atoms with Crippen LogP contribution in [-0.4, -0.2) is 48.3 Å². The predicted octanol–water partition coefficient (Wildman–Crippen LogP) is 1.59. The van der Waals surface area contributed by atoms with Gasteiger partial charge in [-0.3, -0.25) is 4.90 Å². The van der Waals surface area contributed by atoms with Crippen LogP contribution in [0.1, 0.15) is 12.8 Å². The molecule has 2 saturated heterocycles. The summed E-state index contributed by atoms with van der Waals surface area (Å²) in [5.74, 6) is 0.677. The molecule has 0 amide bonds. The highest BCUT2D eigenvalue weighted by Crippen LogP contribution is 2.23. The summed E-state index contributed by atoms with van der Waals surface area (Å²) in [7, 11) is 0. The maximum atomic E-state index is 5.88. The van der Waals surface area contributed by atoms with E-state index in [1.807, 2.05) is 0 Å². The minimum Gasteiger partial charge on any atom is -0.396 e. The Morgan fingerprint density at radius 1 is 1.58 bits per heavy atom. The third-order valence-electron chi connectivity index (χ3n) is 3.84. The summed E-state index contributed by atoms with van der Waals surface area (Å²) in [4.78, 5) is 6.71. The van der Waals surface area contributed by atoms with Gasteiger partial charge in [-0.25, -0.2) is 4.98 Å². The van der Waals surface area contributed by atoms with Gasteiger partial charge in [-0.2, -0.15) is 0 Å². The lowest BCUT2D eigenvalue weighted by Gasteiger charge is -2.35. The van der Waals surface area contributed by atoms with Crippen molar-refractivity contribution in [3.63, 3.8) is 0 Å². The van der Waals surface area contributed by atoms with Crippen LogP contribution >= 0.6 is 11.6 Å². The van der Waals surface area contributed by atoms with Gasteiger partial charge >= 0.3 is 0 Å². The van der Waals surface area contributed by atoms with Crippen LogP contribution in [-0.2, 0) is 4.74 Å². The van der Waals surface area contributed by atoms with Gasteiger partial charge in [0.2, 0.25) is 0 Å². The average Bonchev–Trinajstić information content (AvgIpc) is 2.85. The SMILES string of the molecule is Nc1cc(Cl)cnc1NCC1CN2CCCC2CO1. The number of pyridine rings is 1. The summed E-state index contributed by atoms with van der Waals surface area (Å²) < 4.78 is 5.88. The smallest absolute Gasteiger partial charge is 0.149 e. The van der Waals surface area contributed by atoms with Crippen LogP contribution in [0.15, 0.2) is 12.3 Å². The molecule has 2 aliphatic rings. The molecule has 3 rings (SSSR count). The van der Waals surface area contributed by atoms with E-state index in [2.05, 4.69) is 15.2 Å². The summed E-state index contributed by atoms with van der Waals surface area (Å²) >= 11 is 5.83. The quantitative estimate of drug-likeness (QED) is 0.882. The van der Waals surface area contributed by atoms with E-state index in [4.69, 9.17) is 22.1 Å². The molecule has 0 aromatic carbocycles. The van der Waals surface area contributed by atoms with Crippen LogP contribution in [0.2, 0.25) is 5.02 Å². The molecular weight excluding hydrogens is 264 g/mol. The number of nitrogens with one attached hydrogen (secondary N) is 1. The second-order valence-electron chi connectivity index (χ2n) is 5.22. The fraction of sp³-hybridized carbons (Fsp3) is 0.615. The Bertz CT molecular complexity index is 456. The van der Waals surface area contributed by atoms with Crippen molar-refractivity contribution >= 4 is 23.1 Å². The number of hydrogen-bond acceptors (Lipinski definition) is 5. The van der Waals surface area contributed by atoms with Crippen molar-refractivity contribution in [2.75, 3.05) is 37.3 Å². The van der Waals surface area contributed by atoms with Gasteiger partial charge in [0.05, 0.1) is 23.4 Å². The van der Waals surface area contributed by atoms with Gasteiger partial charge in [0.25, 0.3) is 0 Å². The molecule has 3 N–H and O–H groups in total. The third-order valence-corrected chi connectivity index (χ3v) is 4.05. The van der Waals surface area contributed by atoms with E-state index in [0.29, 0.717) is 22.6 Å². The van der Waals surface area contributed by atoms with Gasteiger partial charge in [-0.15, -0.1) is 0 Å². The molecule has 1 aromatic heterocycles. The first-order valence-corrected chi connectivity index (χ1v) is 7.11. The van der Waals surface area contributed by atoms with Crippen LogP contribution < -0.4 is 11.1 Å². The summed E-state index contributed by atoms with van der Waals surface area (Å²) in [6, 6.07) is 2.34. The molecule has 0 saturated carbocycles. The lowest BCUT2D eigenvalue weighted by Crippen LogP contribution is -2.48. The third kappa shape index (κ3) is 2.94. The summed E-state index contributed by atoms with van der Waals surface area (Å²) in [5.41, 5.74) is 6.43. The zero-order valence-corrected chi connectivity index (χ0v) is 11.6. The molecule has 19 heavy (non-hydrogen) atoms. The Balaban J connectivity index is 1.54. The molecule has 104 valence electrons. The number of morpholine rings is 1. The molecule has 0 spiro atoms. The highest BCUT2D eigenvalue weighted by atomic mass is 35.5. The molecule has 0 aliphatic carbocycles. The first-order valence-electron chi connectivity index (χ1n) is 6.73. The first kappa shape index (κ1) is 13.0. The number of rotatable bonds is 3. The maximum Gasteiger partial charge on any atom is 0.149 e. The number of nitrogens with two attached hydrogens (primary N) is 1. The maximum absolute atomic E-state index is 5.88. The van der Waals surface area contributed by atoms with E-state index >= 15 is 0 Å². The van der Waals surface area contributed by atoms with Crippen molar-refractivity contribution in [1.29, 1.82) is 0 Å². The number of nitrogens with zero attached hydrogens (tertiary/aromatic N) is 2. The fourth-order valence-electron chi connectivity index (χ4n) is 2.82. The molecule has 2 unspecified atom stereocenters. The topological polar surface area (TPSA) is 63.4 Å². The van der Waals surface area contributed by atoms with Crippen molar-refractivity contribution in [2.24, 2.45) is 0 Å². The highest BCUT2D eigenvalue weighted by Gasteiger charge is 2.31. The molecule has 2 fully saturated rings. The highest BCUT2D eigenvalue weighted by molar-refractivity contribution is 6.30. The Labute approximate surface area is 118 Å². The molecule has 6 heteroatoms. The summed E-state index contributed by atoms with van der Waals surface area (Å²) in [6.45, 7) is 3.76. The van der Waals surface area contributed by atoms with E-state index in [9.17, 15) is 0 Å². The van der Waals surface area contributed by atoms with Crippen LogP contribution in [0.25, 0.3) is 0 Å². The van der Waals surface area contributed by atoms with Crippen molar-refractivity contribution < 1.29 is 4.74 Å². The standard InChI is InChI=1S/C13H19ClN4O/c14-9-4-12(15)13(16-5-9)17-6-11-7-18-3-1-2-10(18)8-19-11/h4-5,10-11H,1-3,6-8,15H2,(H,16,17). The lowest BCUT2D eigenvalue weighted by molar-refractivity contribution is -0.0415. The number of aromatic nitrogens is 1. The van der Waals surface area contributed by atoms with Gasteiger partial charge < -0.3 is 15.8 Å². The molecule has 2 atom stereocenters. The first-order chi connectivity index (χ1) is 9.22. The molecule has 5 nitrogen and oxygen atoms in total. The van der Waals surface area contributed by atoms with Gasteiger partial charge in [0.15, 0.2) is 0 Å². The van der Waals surface area contributed by atoms with E-state index in [0.717, 1.165) is 19.7 Å². The predicted molar refractivity (Wildman–Crippen MR) is 76.5 cm³/mol. The molecule has 0 bridgehead atoms. The number of nitrogen functional groups attached to an aromatic ring is 1. The Kier molecular flexibility index (Phi) is 3.77. The Morgan fingerprint density at radius 3 is 3.32 bits per heavy atom. The Hall–Kier alpha value is -1.04. The van der Waals surface area contributed by atoms with E-state index in [-0.39, 0.29) is 6.10 Å². The van der Waals surface area contributed by atoms with Crippen molar-refractivity contribution in [2.45, 2.75) is 25.0 Å². The van der Waals surface area contributed by atoms with Crippen molar-refractivity contribution in [1.82, 2.24) is 9.88 Å². The zero-order valence-electron chi connectivity index (χ0n) is 10.8. The minimum atomic E-state index is 0.200. The van der Waals surface area contributed by atoms with E-state index in [1.165, 1.54) is 19.4 Å². The average molecular weight is 283 g/mol. The molecule has 0 radical (unpaired) electrons. The van der Waals surface area contributed by atoms with Gasteiger partial charge in [0.1, 0.15) is 5.82 Å². The van der Waals surface area contributed by atoms with Gasteiger partial charge in [-0.1, -0.05) is 11.6 Å². The number of anilines is 2. The lowest BCUT2D eigenvalue weighted by atomic mass is 10.2. The normalized spacial score (nSPS) is 27.2. The van der Waals surface area contributed by atoms with Crippen LogP contribution in [0.4, 0.5) is 11.5 Å². The van der Waals surface area contributed by atoms with Gasteiger partial charge in [-0.05, 0) is 25.5 Å². The van der Waals surface area contributed by atoms with Gasteiger partial charge in [0, 0.05) is 25.3 Å².